The van der Waals surface area contributed by atoms with Crippen molar-refractivity contribution in [3.63, 3.8) is 0 Å². The third-order valence-electron chi connectivity index (χ3n) is 5.93. The number of benzene rings is 2. The van der Waals surface area contributed by atoms with Crippen LogP contribution in [0, 0.1) is 0 Å². The van der Waals surface area contributed by atoms with Gasteiger partial charge in [0.1, 0.15) is 17.5 Å². The molecule has 2 atom stereocenters. The number of nitrogens with zero attached hydrogens (tertiary/aromatic N) is 3. The number of nitrogens with one attached hydrogen (secondary N) is 1. The highest BCUT2D eigenvalue weighted by Gasteiger charge is 2.42. The summed E-state index contributed by atoms with van der Waals surface area (Å²) in [5.74, 6) is 1.40. The van der Waals surface area contributed by atoms with Crippen molar-refractivity contribution >= 4 is 34.6 Å². The van der Waals surface area contributed by atoms with Crippen LogP contribution < -0.4 is 19.7 Å². The quantitative estimate of drug-likeness (QED) is 0.349. The van der Waals surface area contributed by atoms with E-state index in [1.54, 1.807) is 20.4 Å². The molecule has 0 spiro atoms. The number of ether oxygens (including phenoxy) is 2. The molecule has 1 fully saturated rings. The highest BCUT2D eigenvalue weighted by molar-refractivity contribution is 7.80. The van der Waals surface area contributed by atoms with Crippen LogP contribution in [0.1, 0.15) is 23.5 Å². The van der Waals surface area contributed by atoms with Crippen molar-refractivity contribution in [1.82, 2.24) is 14.9 Å². The molecular weight excluding hydrogens is 468 g/mol. The first-order valence-electron chi connectivity index (χ1n) is 10.8. The van der Waals surface area contributed by atoms with Gasteiger partial charge in [0.05, 0.1) is 31.0 Å². The molecule has 4 aromatic rings. The first-order valence-corrected chi connectivity index (χ1v) is 11.5. The molecule has 3 heterocycles. The van der Waals surface area contributed by atoms with Gasteiger partial charge in [-0.05, 0) is 66.8 Å². The summed E-state index contributed by atoms with van der Waals surface area (Å²) in [7, 11) is 3.27. The molecule has 2 aromatic heterocycles. The van der Waals surface area contributed by atoms with Gasteiger partial charge in [-0.15, -0.1) is 0 Å². The lowest BCUT2D eigenvalue weighted by Gasteiger charge is -2.29. The zero-order valence-electron chi connectivity index (χ0n) is 18.7. The molecule has 8 heteroatoms. The Morgan fingerprint density at radius 1 is 0.941 bits per heavy atom. The van der Waals surface area contributed by atoms with Gasteiger partial charge in [0, 0.05) is 35.5 Å². The average molecular weight is 491 g/mol. The number of methoxy groups -OCH3 is 2. The molecule has 5 rings (SSSR count). The predicted octanol–water partition coefficient (Wildman–Crippen LogP) is 5.72. The Morgan fingerprint density at radius 2 is 1.82 bits per heavy atom. The third-order valence-corrected chi connectivity index (χ3v) is 6.54. The van der Waals surface area contributed by atoms with Crippen molar-refractivity contribution in [2.75, 3.05) is 19.1 Å². The van der Waals surface area contributed by atoms with Gasteiger partial charge in [0.2, 0.25) is 0 Å². The summed E-state index contributed by atoms with van der Waals surface area (Å²) in [5, 5.41) is 4.61. The minimum Gasteiger partial charge on any atom is -0.497 e. The van der Waals surface area contributed by atoms with Crippen molar-refractivity contribution in [2.24, 2.45) is 0 Å². The van der Waals surface area contributed by atoms with Crippen LogP contribution in [0.3, 0.4) is 0 Å². The number of anilines is 1. The summed E-state index contributed by atoms with van der Waals surface area (Å²) in [5.41, 5.74) is 3.80. The number of halogens is 1. The van der Waals surface area contributed by atoms with Crippen LogP contribution in [0.5, 0.6) is 11.5 Å². The highest BCUT2D eigenvalue weighted by Crippen LogP contribution is 2.43. The van der Waals surface area contributed by atoms with Gasteiger partial charge in [0.25, 0.3) is 0 Å². The average Bonchev–Trinajstić information content (AvgIpc) is 3.49. The molecule has 0 amide bonds. The van der Waals surface area contributed by atoms with E-state index in [1.807, 2.05) is 66.9 Å². The Labute approximate surface area is 208 Å². The number of hydrogen-bond acceptors (Lipinski definition) is 4. The first kappa shape index (κ1) is 22.3. The van der Waals surface area contributed by atoms with E-state index in [1.165, 1.54) is 0 Å². The van der Waals surface area contributed by atoms with E-state index in [9.17, 15) is 0 Å². The third kappa shape index (κ3) is 3.97. The molecule has 0 unspecified atom stereocenters. The van der Waals surface area contributed by atoms with Crippen LogP contribution in [0.25, 0.3) is 5.69 Å². The lowest BCUT2D eigenvalue weighted by atomic mass is 10.0. The van der Waals surface area contributed by atoms with E-state index >= 15 is 0 Å². The molecule has 34 heavy (non-hydrogen) atoms. The number of hydrogen-bond donors (Lipinski definition) is 1. The lowest BCUT2D eigenvalue weighted by Crippen LogP contribution is -2.30. The number of thiocarbonyl (C=S) groups is 1. The normalized spacial score (nSPS) is 17.5. The predicted molar refractivity (Wildman–Crippen MR) is 138 cm³/mol. The second-order valence-corrected chi connectivity index (χ2v) is 8.61. The Bertz CT molecular complexity index is 1330. The molecule has 6 nitrogen and oxygen atoms in total. The molecule has 172 valence electrons. The van der Waals surface area contributed by atoms with Gasteiger partial charge < -0.3 is 24.3 Å². The van der Waals surface area contributed by atoms with E-state index in [0.717, 1.165) is 28.5 Å². The van der Waals surface area contributed by atoms with Crippen LogP contribution in [-0.4, -0.2) is 28.9 Å². The van der Waals surface area contributed by atoms with Crippen LogP contribution in [0.4, 0.5) is 5.69 Å². The van der Waals surface area contributed by atoms with Gasteiger partial charge in [-0.3, -0.25) is 4.98 Å². The summed E-state index contributed by atoms with van der Waals surface area (Å²) in [6, 6.07) is 23.3. The smallest absolute Gasteiger partial charge is 0.174 e. The molecule has 1 saturated heterocycles. The summed E-state index contributed by atoms with van der Waals surface area (Å²) in [6.07, 6.45) is 3.84. The van der Waals surface area contributed by atoms with E-state index in [4.69, 9.17) is 33.3 Å². The minimum absolute atomic E-state index is 0.172. The fraction of sp³-hybridized carbons (Fsp3) is 0.154. The molecule has 1 aliphatic heterocycles. The monoisotopic (exact) mass is 490 g/mol. The summed E-state index contributed by atoms with van der Waals surface area (Å²) >= 11 is 12.3. The van der Waals surface area contributed by atoms with Crippen molar-refractivity contribution in [2.45, 2.75) is 12.1 Å². The molecule has 0 bridgehead atoms. The lowest BCUT2D eigenvalue weighted by molar-refractivity contribution is 0.414. The Balaban J connectivity index is 1.66. The molecular formula is C26H23ClN4O2S. The highest BCUT2D eigenvalue weighted by atomic mass is 35.5. The van der Waals surface area contributed by atoms with Crippen molar-refractivity contribution in [3.8, 4) is 17.2 Å². The van der Waals surface area contributed by atoms with Gasteiger partial charge in [-0.2, -0.15) is 0 Å². The summed E-state index contributed by atoms with van der Waals surface area (Å²) in [6.45, 7) is 0. The first-order chi connectivity index (χ1) is 16.6. The maximum Gasteiger partial charge on any atom is 0.174 e. The number of rotatable bonds is 6. The zero-order chi connectivity index (χ0) is 23.7. The molecule has 0 aliphatic carbocycles. The van der Waals surface area contributed by atoms with E-state index < -0.39 is 0 Å². The Hall–Kier alpha value is -3.55. The molecule has 0 radical (unpaired) electrons. The minimum atomic E-state index is -0.187. The molecule has 1 N–H and O–H groups in total. The van der Waals surface area contributed by atoms with E-state index in [2.05, 4.69) is 31.9 Å². The van der Waals surface area contributed by atoms with Gasteiger partial charge in [-0.25, -0.2) is 0 Å². The maximum absolute atomic E-state index is 6.50. The number of pyridine rings is 1. The van der Waals surface area contributed by atoms with Gasteiger partial charge >= 0.3 is 0 Å². The van der Waals surface area contributed by atoms with Gasteiger partial charge in [0.15, 0.2) is 5.11 Å². The molecule has 0 saturated carbocycles. The van der Waals surface area contributed by atoms with Crippen molar-refractivity contribution in [1.29, 1.82) is 0 Å². The SMILES string of the molecule is COc1cccc(-n2cccc2[C@H]2[C@H](c3ccccn3)NC(=S)N2c2ccc(OC)c(Cl)c2)c1. The standard InChI is InChI=1S/C26H23ClN4O2S/c1-32-19-8-5-7-17(15-19)30-14-6-10-22(30)25-24(21-9-3-4-13-28-21)29-26(34)31(25)18-11-12-23(33-2)20(27)16-18/h3-16,24-25H,1-2H3,(H,29,34)/t24-,25-/m0/s1. The largest absolute Gasteiger partial charge is 0.497 e. The molecule has 2 aromatic carbocycles. The topological polar surface area (TPSA) is 51.5 Å². The number of aromatic nitrogens is 2. The van der Waals surface area contributed by atoms with Crippen LogP contribution >= 0.6 is 23.8 Å². The zero-order valence-corrected chi connectivity index (χ0v) is 20.3. The van der Waals surface area contributed by atoms with Crippen molar-refractivity contribution < 1.29 is 9.47 Å². The molecule has 1 aliphatic rings. The van der Waals surface area contributed by atoms with Crippen LogP contribution in [0.2, 0.25) is 5.02 Å². The second-order valence-electron chi connectivity index (χ2n) is 7.82. The van der Waals surface area contributed by atoms with Crippen LogP contribution in [-0.2, 0) is 0 Å². The van der Waals surface area contributed by atoms with E-state index in [-0.39, 0.29) is 12.1 Å². The Kier molecular flexibility index (Phi) is 6.13. The van der Waals surface area contributed by atoms with Crippen molar-refractivity contribution in [3.05, 3.63) is 102 Å². The summed E-state index contributed by atoms with van der Waals surface area (Å²) in [4.78, 5) is 6.72. The Morgan fingerprint density at radius 3 is 2.56 bits per heavy atom. The fourth-order valence-corrected chi connectivity index (χ4v) is 4.97. The second kappa shape index (κ2) is 9.37. The van der Waals surface area contributed by atoms with Crippen LogP contribution in [0.15, 0.2) is 85.2 Å². The fourth-order valence-electron chi connectivity index (χ4n) is 4.37. The van der Waals surface area contributed by atoms with E-state index in [0.29, 0.717) is 15.9 Å². The summed E-state index contributed by atoms with van der Waals surface area (Å²) < 4.78 is 13.0. The maximum atomic E-state index is 6.50. The van der Waals surface area contributed by atoms with Gasteiger partial charge in [-0.1, -0.05) is 23.7 Å².